The lowest BCUT2D eigenvalue weighted by molar-refractivity contribution is 0.0471. The highest BCUT2D eigenvalue weighted by atomic mass is 16.6. The molecule has 4 N–H and O–H groups in total. The highest BCUT2D eigenvalue weighted by molar-refractivity contribution is 5.68. The van der Waals surface area contributed by atoms with Gasteiger partial charge in [-0.05, 0) is 80.1 Å². The summed E-state index contributed by atoms with van der Waals surface area (Å²) in [5, 5.41) is 24.9. The van der Waals surface area contributed by atoms with Crippen LogP contribution >= 0.6 is 0 Å². The van der Waals surface area contributed by atoms with Crippen molar-refractivity contribution >= 4 is 12.2 Å². The summed E-state index contributed by atoms with van der Waals surface area (Å²) in [5.74, 6) is 0. The Morgan fingerprint density at radius 2 is 0.969 bits per heavy atom. The van der Waals surface area contributed by atoms with Gasteiger partial charge in [0.2, 0.25) is 0 Å². The van der Waals surface area contributed by atoms with E-state index in [-0.39, 0.29) is 36.5 Å². The molecule has 0 spiro atoms. The van der Waals surface area contributed by atoms with Crippen LogP contribution < -0.4 is 10.6 Å². The molecule has 0 aromatic rings. The Morgan fingerprint density at radius 1 is 0.656 bits per heavy atom. The van der Waals surface area contributed by atoms with E-state index in [1.807, 2.05) is 41.5 Å². The molecule has 0 aromatic carbocycles. The molecule has 0 radical (unpaired) electrons. The predicted molar refractivity (Wildman–Crippen MR) is 124 cm³/mol. The lowest BCUT2D eigenvalue weighted by atomic mass is 10.1. The summed E-state index contributed by atoms with van der Waals surface area (Å²) in [6.45, 7) is 11.1. The molecule has 2 aliphatic carbocycles. The molecule has 2 rings (SSSR count). The number of hydrogen-bond donors (Lipinski definition) is 4. The first-order chi connectivity index (χ1) is 14.7. The van der Waals surface area contributed by atoms with Crippen molar-refractivity contribution in [2.24, 2.45) is 0 Å². The number of aliphatic hydroxyl groups excluding tert-OH is 2. The SMILES string of the molecule is CC(C)(C)OC(=O)N[C@@H]1CCCC[C@H](O)C1.CC(C)(C)OC(=O)N[C@H]1CCCC[C@@H](O)C1. The fourth-order valence-electron chi connectivity index (χ4n) is 3.88. The Balaban J connectivity index is 0.000000320. The zero-order chi connectivity index (χ0) is 24.4. The maximum absolute atomic E-state index is 11.5. The average molecular weight is 459 g/mol. The Hall–Kier alpha value is -1.54. The fraction of sp³-hybridized carbons (Fsp3) is 0.917. The van der Waals surface area contributed by atoms with Crippen LogP contribution in [0.25, 0.3) is 0 Å². The molecule has 0 aliphatic heterocycles. The molecule has 32 heavy (non-hydrogen) atoms. The van der Waals surface area contributed by atoms with E-state index in [0.717, 1.165) is 51.4 Å². The third kappa shape index (κ3) is 14.5. The van der Waals surface area contributed by atoms with E-state index < -0.39 is 11.2 Å². The first-order valence-electron chi connectivity index (χ1n) is 12.1. The minimum Gasteiger partial charge on any atom is -0.444 e. The van der Waals surface area contributed by atoms with Crippen LogP contribution in [0, 0.1) is 0 Å². The van der Waals surface area contributed by atoms with E-state index in [0.29, 0.717) is 12.8 Å². The second-order valence-corrected chi connectivity index (χ2v) is 11.0. The van der Waals surface area contributed by atoms with Crippen LogP contribution in [0.4, 0.5) is 9.59 Å². The van der Waals surface area contributed by atoms with E-state index in [2.05, 4.69) is 10.6 Å². The Kier molecular flexibility index (Phi) is 11.8. The van der Waals surface area contributed by atoms with E-state index in [1.165, 1.54) is 0 Å². The first kappa shape index (κ1) is 28.5. The monoisotopic (exact) mass is 458 g/mol. The molecule has 4 atom stereocenters. The summed E-state index contributed by atoms with van der Waals surface area (Å²) >= 11 is 0. The van der Waals surface area contributed by atoms with Gasteiger partial charge in [0, 0.05) is 12.1 Å². The van der Waals surface area contributed by atoms with Crippen molar-refractivity contribution in [2.45, 2.75) is 141 Å². The van der Waals surface area contributed by atoms with Crippen LogP contribution in [-0.4, -0.2) is 57.9 Å². The lowest BCUT2D eigenvalue weighted by Crippen LogP contribution is -2.40. The first-order valence-corrected chi connectivity index (χ1v) is 12.1. The van der Waals surface area contributed by atoms with Crippen molar-refractivity contribution in [3.63, 3.8) is 0 Å². The van der Waals surface area contributed by atoms with Crippen molar-refractivity contribution in [3.05, 3.63) is 0 Å². The summed E-state index contributed by atoms with van der Waals surface area (Å²) in [7, 11) is 0. The van der Waals surface area contributed by atoms with Gasteiger partial charge in [0.05, 0.1) is 12.2 Å². The van der Waals surface area contributed by atoms with E-state index in [9.17, 15) is 19.8 Å². The predicted octanol–water partition coefficient (Wildman–Crippen LogP) is 4.41. The van der Waals surface area contributed by atoms with Crippen molar-refractivity contribution < 1.29 is 29.3 Å². The molecular formula is C24H46N2O6. The van der Waals surface area contributed by atoms with Crippen molar-refractivity contribution in [2.75, 3.05) is 0 Å². The van der Waals surface area contributed by atoms with Gasteiger partial charge in [0.15, 0.2) is 0 Å². The van der Waals surface area contributed by atoms with Gasteiger partial charge in [0.1, 0.15) is 11.2 Å². The van der Waals surface area contributed by atoms with E-state index >= 15 is 0 Å². The molecule has 8 nitrogen and oxygen atoms in total. The summed E-state index contributed by atoms with van der Waals surface area (Å²) < 4.78 is 10.4. The number of carbonyl (C=O) groups excluding carboxylic acids is 2. The Labute approximate surface area is 193 Å². The number of ether oxygens (including phenoxy) is 2. The number of nitrogens with one attached hydrogen (secondary N) is 2. The van der Waals surface area contributed by atoms with Gasteiger partial charge in [-0.15, -0.1) is 0 Å². The second kappa shape index (κ2) is 13.2. The number of aliphatic hydroxyl groups is 2. The summed E-state index contributed by atoms with van der Waals surface area (Å²) in [6.07, 6.45) is 7.64. The summed E-state index contributed by atoms with van der Waals surface area (Å²) in [5.41, 5.74) is -0.930. The van der Waals surface area contributed by atoms with E-state index in [4.69, 9.17) is 9.47 Å². The van der Waals surface area contributed by atoms with Gasteiger partial charge < -0.3 is 30.3 Å². The van der Waals surface area contributed by atoms with Crippen LogP contribution in [-0.2, 0) is 9.47 Å². The van der Waals surface area contributed by atoms with Crippen molar-refractivity contribution in [3.8, 4) is 0 Å². The smallest absolute Gasteiger partial charge is 0.407 e. The zero-order valence-corrected chi connectivity index (χ0v) is 20.9. The molecule has 0 bridgehead atoms. The molecule has 0 saturated heterocycles. The largest absolute Gasteiger partial charge is 0.444 e. The quantitative estimate of drug-likeness (QED) is 0.455. The molecular weight excluding hydrogens is 412 g/mol. The summed E-state index contributed by atoms with van der Waals surface area (Å²) in [4.78, 5) is 23.1. The number of hydrogen-bond acceptors (Lipinski definition) is 6. The van der Waals surface area contributed by atoms with Crippen molar-refractivity contribution in [1.82, 2.24) is 10.6 Å². The van der Waals surface area contributed by atoms with Crippen LogP contribution in [0.15, 0.2) is 0 Å². The van der Waals surface area contributed by atoms with Crippen LogP contribution in [0.2, 0.25) is 0 Å². The second-order valence-electron chi connectivity index (χ2n) is 11.0. The van der Waals surface area contributed by atoms with Gasteiger partial charge in [-0.25, -0.2) is 9.59 Å². The molecule has 2 fully saturated rings. The van der Waals surface area contributed by atoms with Gasteiger partial charge in [0.25, 0.3) is 0 Å². The molecule has 8 heteroatoms. The van der Waals surface area contributed by atoms with E-state index in [1.54, 1.807) is 0 Å². The Bertz CT molecular complexity index is 520. The lowest BCUT2D eigenvalue weighted by Gasteiger charge is -2.23. The minimum atomic E-state index is -0.465. The molecule has 0 heterocycles. The van der Waals surface area contributed by atoms with Gasteiger partial charge in [-0.1, -0.05) is 25.7 Å². The molecule has 0 aromatic heterocycles. The van der Waals surface area contributed by atoms with Gasteiger partial charge >= 0.3 is 12.2 Å². The molecule has 0 unspecified atom stereocenters. The fourth-order valence-corrected chi connectivity index (χ4v) is 3.88. The topological polar surface area (TPSA) is 117 Å². The Morgan fingerprint density at radius 3 is 1.28 bits per heavy atom. The maximum Gasteiger partial charge on any atom is 0.407 e. The number of carbonyl (C=O) groups is 2. The van der Waals surface area contributed by atoms with Gasteiger partial charge in [-0.3, -0.25) is 0 Å². The minimum absolute atomic E-state index is 0.0485. The third-order valence-electron chi connectivity index (χ3n) is 5.23. The number of amides is 2. The van der Waals surface area contributed by atoms with Gasteiger partial charge in [-0.2, -0.15) is 0 Å². The normalized spacial score (nSPS) is 27.0. The van der Waals surface area contributed by atoms with Crippen LogP contribution in [0.3, 0.4) is 0 Å². The summed E-state index contributed by atoms with van der Waals surface area (Å²) in [6, 6.07) is 0.0969. The number of rotatable bonds is 2. The maximum atomic E-state index is 11.5. The molecule has 2 amide bonds. The highest BCUT2D eigenvalue weighted by Gasteiger charge is 2.24. The molecule has 2 aliphatic rings. The zero-order valence-electron chi connectivity index (χ0n) is 20.9. The van der Waals surface area contributed by atoms with Crippen LogP contribution in [0.5, 0.6) is 0 Å². The average Bonchev–Trinajstić information content (AvgIpc) is 2.91. The third-order valence-corrected chi connectivity index (χ3v) is 5.23. The molecule has 2 saturated carbocycles. The molecule has 188 valence electrons. The standard InChI is InChI=1S/2C12H23NO3/c2*1-12(2,3)16-11(15)13-9-6-4-5-7-10(14)8-9/h2*9-10,14H,4-8H2,1-3H3,(H,13,15)/t2*9-,10+/m10/s1. The highest BCUT2D eigenvalue weighted by Crippen LogP contribution is 2.19. The van der Waals surface area contributed by atoms with Crippen molar-refractivity contribution in [1.29, 1.82) is 0 Å². The number of alkyl carbamates (subject to hydrolysis) is 2. The van der Waals surface area contributed by atoms with Crippen LogP contribution in [0.1, 0.15) is 106 Å².